The molecular weight excluding hydrogens is 776 g/mol. The van der Waals surface area contributed by atoms with Crippen LogP contribution in [-0.2, 0) is 46.7 Å². The Balaban J connectivity index is 0.000000210. The first-order valence-corrected chi connectivity index (χ1v) is 17.6. The van der Waals surface area contributed by atoms with Crippen LogP contribution < -0.4 is 11.1 Å². The van der Waals surface area contributed by atoms with E-state index in [2.05, 4.69) is 19.9 Å². The lowest BCUT2D eigenvalue weighted by molar-refractivity contribution is -0.139. The number of hydrogen-bond donors (Lipinski definition) is 0. The van der Waals surface area contributed by atoms with Gasteiger partial charge in [-0.05, 0) is 35.8 Å². The fraction of sp³-hybridized carbons (Fsp3) is 0.333. The minimum absolute atomic E-state index is 0.0546. The molecule has 0 radical (unpaired) electrons. The normalized spacial score (nSPS) is 12.4. The van der Waals surface area contributed by atoms with Crippen LogP contribution >= 0.6 is 23.5 Å². The van der Waals surface area contributed by atoms with Gasteiger partial charge in [-0.25, -0.2) is 9.97 Å². The summed E-state index contributed by atoms with van der Waals surface area (Å²) in [5, 5.41) is 0. The maximum absolute atomic E-state index is 13.1. The summed E-state index contributed by atoms with van der Waals surface area (Å²) in [4.78, 5) is 41.0. The predicted octanol–water partition coefficient (Wildman–Crippen LogP) is 7.95. The SMILES string of the molecule is CCSc1cc(C(F)(F)F)cnc1-c1nc2cc(C(F)(F)F)c(=O)n(C)c2n1C.CCSc1cc(C(F)(F)F)cnc1-c1nc2ccc(=O)n(C)c2n1C. The molecule has 0 atom stereocenters. The number of aryl methyl sites for hydroxylation is 4. The molecule has 21 heteroatoms. The molecule has 6 aromatic heterocycles. The van der Waals surface area contributed by atoms with Crippen molar-refractivity contribution in [2.45, 2.75) is 42.2 Å². The molecule has 0 N–H and O–H groups in total. The molecule has 0 aliphatic heterocycles. The molecule has 10 nitrogen and oxygen atoms in total. The Morgan fingerprint density at radius 3 is 1.46 bits per heavy atom. The first-order chi connectivity index (χ1) is 25.1. The van der Waals surface area contributed by atoms with E-state index < -0.39 is 40.8 Å². The van der Waals surface area contributed by atoms with E-state index in [1.54, 1.807) is 31.7 Å². The van der Waals surface area contributed by atoms with Crippen molar-refractivity contribution < 1.29 is 39.5 Å². The zero-order valence-electron chi connectivity index (χ0n) is 29.1. The summed E-state index contributed by atoms with van der Waals surface area (Å²) in [5.41, 5.74) is -2.96. The summed E-state index contributed by atoms with van der Waals surface area (Å²) < 4.78 is 123. The Morgan fingerprint density at radius 1 is 0.593 bits per heavy atom. The molecule has 288 valence electrons. The highest BCUT2D eigenvalue weighted by atomic mass is 32.2. The lowest BCUT2D eigenvalue weighted by atomic mass is 10.2. The molecule has 0 aliphatic carbocycles. The number of imidazole rings is 2. The highest BCUT2D eigenvalue weighted by molar-refractivity contribution is 7.99. The zero-order valence-corrected chi connectivity index (χ0v) is 30.7. The minimum Gasteiger partial charge on any atom is -0.312 e. The van der Waals surface area contributed by atoms with E-state index in [4.69, 9.17) is 0 Å². The molecule has 0 spiro atoms. The highest BCUT2D eigenvalue weighted by Crippen LogP contribution is 2.38. The second-order valence-corrected chi connectivity index (χ2v) is 14.2. The number of thioether (sulfide) groups is 2. The van der Waals surface area contributed by atoms with Crippen LogP contribution in [0, 0.1) is 0 Å². The van der Waals surface area contributed by atoms with Crippen molar-refractivity contribution in [1.82, 2.24) is 38.2 Å². The lowest BCUT2D eigenvalue weighted by Gasteiger charge is -2.12. The van der Waals surface area contributed by atoms with Crippen molar-refractivity contribution in [2.24, 2.45) is 28.2 Å². The number of alkyl halides is 9. The third-order valence-corrected chi connectivity index (χ3v) is 9.86. The Bertz CT molecular complexity index is 2500. The Morgan fingerprint density at radius 2 is 1.04 bits per heavy atom. The second-order valence-electron chi connectivity index (χ2n) is 11.6. The second kappa shape index (κ2) is 14.8. The van der Waals surface area contributed by atoms with Crippen molar-refractivity contribution in [1.29, 1.82) is 0 Å². The maximum atomic E-state index is 13.1. The standard InChI is InChI=1S/C17H14F6N4OS.C16H15F3N4OS/c1-4-29-11-5-8(16(18,19)20)7-24-12(11)13-25-10-6-9(17(21,22)23)15(28)27(3)14(10)26(13)2;1-4-25-11-7-9(16(17,18)19)8-20-13(11)14-21-10-5-6-12(24)22(2)15(10)23(14)3/h5-7H,4H2,1-3H3;5-8H,4H2,1-3H3. The van der Waals surface area contributed by atoms with Gasteiger partial charge >= 0.3 is 18.5 Å². The summed E-state index contributed by atoms with van der Waals surface area (Å²) in [6.07, 6.45) is -12.4. The van der Waals surface area contributed by atoms with Crippen LogP contribution in [0.1, 0.15) is 30.5 Å². The van der Waals surface area contributed by atoms with Gasteiger partial charge in [0, 0.05) is 56.4 Å². The monoisotopic (exact) mass is 804 g/mol. The fourth-order valence-corrected chi connectivity index (χ4v) is 7.16. The van der Waals surface area contributed by atoms with Crippen molar-refractivity contribution in [3.05, 3.63) is 80.1 Å². The first kappa shape index (κ1) is 40.4. The van der Waals surface area contributed by atoms with Crippen molar-refractivity contribution in [3.8, 4) is 23.0 Å². The van der Waals surface area contributed by atoms with E-state index in [0.29, 0.717) is 51.3 Å². The van der Waals surface area contributed by atoms with Crippen LogP contribution in [0.5, 0.6) is 0 Å². The van der Waals surface area contributed by atoms with E-state index in [1.165, 1.54) is 41.1 Å². The molecular formula is C33H29F9N8O2S2. The van der Waals surface area contributed by atoms with Gasteiger partial charge in [0.2, 0.25) is 0 Å². The molecule has 6 rings (SSSR count). The van der Waals surface area contributed by atoms with Crippen LogP contribution in [0.25, 0.3) is 45.4 Å². The smallest absolute Gasteiger partial charge is 0.312 e. The number of rotatable bonds is 6. The molecule has 0 amide bonds. The molecule has 6 heterocycles. The number of halogens is 9. The molecule has 0 aliphatic rings. The number of pyridine rings is 4. The summed E-state index contributed by atoms with van der Waals surface area (Å²) >= 11 is 2.36. The fourth-order valence-electron chi connectivity index (χ4n) is 5.56. The summed E-state index contributed by atoms with van der Waals surface area (Å²) in [7, 11) is 5.96. The van der Waals surface area contributed by atoms with E-state index in [1.807, 2.05) is 6.92 Å². The van der Waals surface area contributed by atoms with Gasteiger partial charge in [-0.1, -0.05) is 13.8 Å². The molecule has 0 fully saturated rings. The van der Waals surface area contributed by atoms with Crippen LogP contribution in [0.3, 0.4) is 0 Å². The number of hydrogen-bond acceptors (Lipinski definition) is 8. The maximum Gasteiger partial charge on any atom is 0.421 e. The molecule has 0 aromatic carbocycles. The summed E-state index contributed by atoms with van der Waals surface area (Å²) in [6.45, 7) is 3.59. The molecule has 6 aromatic rings. The average molecular weight is 805 g/mol. The van der Waals surface area contributed by atoms with E-state index in [0.717, 1.165) is 34.7 Å². The Kier molecular flexibility index (Phi) is 11.1. The van der Waals surface area contributed by atoms with E-state index in [-0.39, 0.29) is 33.1 Å². The number of nitrogens with zero attached hydrogens (tertiary/aromatic N) is 8. The quantitative estimate of drug-likeness (QED) is 0.124. The predicted molar refractivity (Wildman–Crippen MR) is 186 cm³/mol. The van der Waals surface area contributed by atoms with Crippen molar-refractivity contribution >= 4 is 45.9 Å². The van der Waals surface area contributed by atoms with Gasteiger partial charge in [-0.3, -0.25) is 28.7 Å². The van der Waals surface area contributed by atoms with Crippen LogP contribution in [0.4, 0.5) is 39.5 Å². The average Bonchev–Trinajstić information content (AvgIpc) is 3.60. The summed E-state index contributed by atoms with van der Waals surface area (Å²) in [6, 6.07) is 5.65. The largest absolute Gasteiger partial charge is 0.421 e. The molecule has 0 saturated carbocycles. The minimum atomic E-state index is -4.86. The topological polar surface area (TPSA) is 105 Å². The van der Waals surface area contributed by atoms with E-state index in [9.17, 15) is 49.1 Å². The van der Waals surface area contributed by atoms with Gasteiger partial charge in [0.15, 0.2) is 11.6 Å². The van der Waals surface area contributed by atoms with Crippen LogP contribution in [-0.4, -0.2) is 49.7 Å². The molecule has 54 heavy (non-hydrogen) atoms. The lowest BCUT2D eigenvalue weighted by Crippen LogP contribution is -2.27. The molecule has 0 saturated heterocycles. The molecule has 0 bridgehead atoms. The first-order valence-electron chi connectivity index (χ1n) is 15.7. The third-order valence-electron chi connectivity index (χ3n) is 8.04. The van der Waals surface area contributed by atoms with Gasteiger partial charge in [0.25, 0.3) is 11.1 Å². The van der Waals surface area contributed by atoms with Crippen LogP contribution in [0.2, 0.25) is 0 Å². The van der Waals surface area contributed by atoms with Gasteiger partial charge in [0.1, 0.15) is 39.3 Å². The van der Waals surface area contributed by atoms with Gasteiger partial charge in [0.05, 0.1) is 11.1 Å². The highest BCUT2D eigenvalue weighted by Gasteiger charge is 2.37. The zero-order chi connectivity index (χ0) is 40.1. The van der Waals surface area contributed by atoms with Gasteiger partial charge < -0.3 is 9.13 Å². The number of aromatic nitrogens is 8. The van der Waals surface area contributed by atoms with E-state index >= 15 is 0 Å². The summed E-state index contributed by atoms with van der Waals surface area (Å²) in [5.74, 6) is 1.51. The van der Waals surface area contributed by atoms with Crippen molar-refractivity contribution in [3.63, 3.8) is 0 Å². The van der Waals surface area contributed by atoms with Crippen molar-refractivity contribution in [2.75, 3.05) is 11.5 Å². The van der Waals surface area contributed by atoms with Gasteiger partial charge in [-0.15, -0.1) is 23.5 Å². The van der Waals surface area contributed by atoms with Gasteiger partial charge in [-0.2, -0.15) is 39.5 Å². The van der Waals surface area contributed by atoms with Crippen LogP contribution in [0.15, 0.2) is 62.1 Å². The third kappa shape index (κ3) is 7.73. The number of fused-ring (bicyclic) bond motifs is 2. The Labute approximate surface area is 308 Å². The Hall–Kier alpha value is -4.79. The molecule has 0 unspecified atom stereocenters.